The standard InChI is InChI=1S/C18H13N5O3S/c1-25-13-5-3-12(4-6-13)23-15(17(24)26-22-23)10-20-18-21-14-7-2-11(9-19)8-16(14)27-18/h2-8H,10H2,1H3,(H-,20,21,22,24). The number of nitrogens with one attached hydrogen (secondary N) is 1. The molecule has 0 aliphatic rings. The number of thiazole rings is 1. The van der Waals surface area contributed by atoms with Gasteiger partial charge in [0.25, 0.3) is 5.69 Å². The average molecular weight is 379 g/mol. The van der Waals surface area contributed by atoms with E-state index in [9.17, 15) is 5.11 Å². The van der Waals surface area contributed by atoms with Crippen molar-refractivity contribution < 1.29 is 19.0 Å². The van der Waals surface area contributed by atoms with Gasteiger partial charge in [-0.1, -0.05) is 11.3 Å². The number of hydrogen-bond donors (Lipinski definition) is 1. The number of hydrogen-bond acceptors (Lipinski definition) is 8. The fourth-order valence-corrected chi connectivity index (χ4v) is 3.47. The van der Waals surface area contributed by atoms with Crippen LogP contribution in [-0.2, 0) is 6.54 Å². The highest BCUT2D eigenvalue weighted by atomic mass is 32.1. The molecule has 0 saturated carbocycles. The maximum atomic E-state index is 12.0. The van der Waals surface area contributed by atoms with E-state index in [4.69, 9.17) is 14.5 Å². The summed E-state index contributed by atoms with van der Waals surface area (Å²) in [5.41, 5.74) is 2.40. The second-order valence-electron chi connectivity index (χ2n) is 5.58. The van der Waals surface area contributed by atoms with E-state index in [-0.39, 0.29) is 6.54 Å². The molecule has 1 N–H and O–H groups in total. The second-order valence-corrected chi connectivity index (χ2v) is 6.61. The molecule has 0 amide bonds. The van der Waals surface area contributed by atoms with Crippen LogP contribution in [0.25, 0.3) is 15.9 Å². The Balaban J connectivity index is 1.58. The van der Waals surface area contributed by atoms with Gasteiger partial charge in [0.1, 0.15) is 12.3 Å². The van der Waals surface area contributed by atoms with E-state index < -0.39 is 5.95 Å². The van der Waals surface area contributed by atoms with E-state index >= 15 is 0 Å². The first-order valence-corrected chi connectivity index (χ1v) is 8.76. The van der Waals surface area contributed by atoms with Crippen LogP contribution < -0.4 is 19.8 Å². The summed E-state index contributed by atoms with van der Waals surface area (Å²) in [7, 11) is 1.58. The van der Waals surface area contributed by atoms with E-state index in [1.165, 1.54) is 16.0 Å². The molecule has 0 radical (unpaired) electrons. The zero-order chi connectivity index (χ0) is 18.8. The molecule has 0 aliphatic carbocycles. The van der Waals surface area contributed by atoms with E-state index in [1.54, 1.807) is 49.6 Å². The SMILES string of the molecule is COc1ccc(-[n+]2noc([O-])c2CNc2nc3ccc(C#N)cc3s2)cc1. The van der Waals surface area contributed by atoms with Crippen LogP contribution in [0.5, 0.6) is 11.7 Å². The van der Waals surface area contributed by atoms with Crippen LogP contribution in [0.1, 0.15) is 11.3 Å². The number of aromatic nitrogens is 3. The first kappa shape index (κ1) is 16.8. The molecule has 9 heteroatoms. The number of fused-ring (bicyclic) bond motifs is 1. The molecular formula is C18H13N5O3S. The zero-order valence-corrected chi connectivity index (χ0v) is 15.0. The van der Waals surface area contributed by atoms with Gasteiger partial charge in [0.2, 0.25) is 5.69 Å². The van der Waals surface area contributed by atoms with Crippen LogP contribution in [-0.4, -0.2) is 17.4 Å². The van der Waals surface area contributed by atoms with Crippen LogP contribution in [0, 0.1) is 11.3 Å². The van der Waals surface area contributed by atoms with Crippen LogP contribution in [0.2, 0.25) is 0 Å². The lowest BCUT2D eigenvalue weighted by Crippen LogP contribution is -2.37. The zero-order valence-electron chi connectivity index (χ0n) is 14.2. The van der Waals surface area contributed by atoms with Crippen molar-refractivity contribution in [1.29, 1.82) is 5.26 Å². The molecule has 8 nitrogen and oxygen atoms in total. The monoisotopic (exact) mass is 379 g/mol. The largest absolute Gasteiger partial charge is 0.539 e. The van der Waals surface area contributed by atoms with E-state index in [0.717, 1.165) is 10.2 Å². The number of ether oxygens (including phenoxy) is 1. The van der Waals surface area contributed by atoms with Crippen molar-refractivity contribution in [2.75, 3.05) is 12.4 Å². The lowest BCUT2D eigenvalue weighted by Gasteiger charge is -2.01. The number of nitrogens with zero attached hydrogens (tertiary/aromatic N) is 4. The third-order valence-electron chi connectivity index (χ3n) is 3.94. The maximum Gasteiger partial charge on any atom is 0.259 e. The van der Waals surface area contributed by atoms with Crippen LogP contribution in [0.4, 0.5) is 5.13 Å². The topological polar surface area (TPSA) is 111 Å². The quantitative estimate of drug-likeness (QED) is 0.529. The van der Waals surface area contributed by atoms with E-state index in [1.807, 2.05) is 0 Å². The molecule has 27 heavy (non-hydrogen) atoms. The molecule has 2 heterocycles. The Morgan fingerprint density at radius 1 is 1.30 bits per heavy atom. The number of anilines is 1. The smallest absolute Gasteiger partial charge is 0.259 e. The summed E-state index contributed by atoms with van der Waals surface area (Å²) in [4.78, 5) is 4.46. The Kier molecular flexibility index (Phi) is 4.32. The lowest BCUT2D eigenvalue weighted by atomic mass is 10.2. The van der Waals surface area contributed by atoms with Gasteiger partial charge in [-0.3, -0.25) is 0 Å². The Morgan fingerprint density at radius 3 is 2.85 bits per heavy atom. The molecular weight excluding hydrogens is 366 g/mol. The van der Waals surface area contributed by atoms with Crippen molar-refractivity contribution in [3.8, 4) is 23.5 Å². The fraction of sp³-hybridized carbons (Fsp3) is 0.111. The molecule has 0 bridgehead atoms. The van der Waals surface area contributed by atoms with Gasteiger partial charge in [-0.05, 0) is 35.0 Å². The third-order valence-corrected chi connectivity index (χ3v) is 4.91. The summed E-state index contributed by atoms with van der Waals surface area (Å²) in [5.74, 6) is 0.183. The minimum absolute atomic E-state index is 0.194. The summed E-state index contributed by atoms with van der Waals surface area (Å²) in [6.07, 6.45) is 0. The Labute approximate surface area is 157 Å². The van der Waals surface area contributed by atoms with E-state index in [0.29, 0.717) is 27.8 Å². The van der Waals surface area contributed by atoms with Crippen molar-refractivity contribution in [2.45, 2.75) is 6.54 Å². The first-order chi connectivity index (χ1) is 13.2. The Morgan fingerprint density at radius 2 is 2.11 bits per heavy atom. The second kappa shape index (κ2) is 6.93. The van der Waals surface area contributed by atoms with Gasteiger partial charge >= 0.3 is 0 Å². The van der Waals surface area contributed by atoms with Crippen molar-refractivity contribution in [3.05, 3.63) is 53.7 Å². The number of nitriles is 1. The molecule has 4 aromatic rings. The summed E-state index contributed by atoms with van der Waals surface area (Å²) < 4.78 is 12.3. The Bertz CT molecular complexity index is 1140. The van der Waals surface area contributed by atoms with Gasteiger partial charge in [0.15, 0.2) is 11.1 Å². The molecule has 2 aromatic carbocycles. The molecule has 2 aromatic heterocycles. The van der Waals surface area contributed by atoms with Crippen molar-refractivity contribution >= 4 is 26.7 Å². The predicted molar refractivity (Wildman–Crippen MR) is 95.7 cm³/mol. The van der Waals surface area contributed by atoms with Gasteiger partial charge in [0, 0.05) is 12.1 Å². The summed E-state index contributed by atoms with van der Waals surface area (Å²) >= 11 is 1.41. The summed E-state index contributed by atoms with van der Waals surface area (Å²) in [5, 5.41) is 28.6. The fourth-order valence-electron chi connectivity index (χ4n) is 2.57. The van der Waals surface area contributed by atoms with Crippen LogP contribution in [0.15, 0.2) is 47.0 Å². The molecule has 4 rings (SSSR count). The van der Waals surface area contributed by atoms with Gasteiger partial charge in [0.05, 0.1) is 34.2 Å². The summed E-state index contributed by atoms with van der Waals surface area (Å²) in [6, 6.07) is 14.5. The minimum Gasteiger partial charge on any atom is -0.539 e. The highest BCUT2D eigenvalue weighted by molar-refractivity contribution is 7.22. The summed E-state index contributed by atoms with van der Waals surface area (Å²) in [6.45, 7) is 0.194. The van der Waals surface area contributed by atoms with Crippen LogP contribution >= 0.6 is 11.3 Å². The molecule has 0 saturated heterocycles. The Hall–Kier alpha value is -3.64. The van der Waals surface area contributed by atoms with Crippen molar-refractivity contribution in [1.82, 2.24) is 10.3 Å². The van der Waals surface area contributed by atoms with Gasteiger partial charge < -0.3 is 19.7 Å². The maximum absolute atomic E-state index is 12.0. The van der Waals surface area contributed by atoms with Gasteiger partial charge in [-0.2, -0.15) is 5.26 Å². The first-order valence-electron chi connectivity index (χ1n) is 7.95. The minimum atomic E-state index is -0.522. The van der Waals surface area contributed by atoms with Gasteiger partial charge in [-0.25, -0.2) is 4.98 Å². The van der Waals surface area contributed by atoms with Crippen LogP contribution in [0.3, 0.4) is 0 Å². The molecule has 0 unspecified atom stereocenters. The normalized spacial score (nSPS) is 10.7. The highest BCUT2D eigenvalue weighted by Gasteiger charge is 2.20. The molecule has 0 aliphatic heterocycles. The average Bonchev–Trinajstić information content (AvgIpc) is 3.28. The molecule has 0 fully saturated rings. The molecule has 0 spiro atoms. The van der Waals surface area contributed by atoms with E-state index in [2.05, 4.69) is 21.6 Å². The lowest BCUT2D eigenvalue weighted by molar-refractivity contribution is -0.677. The van der Waals surface area contributed by atoms with Gasteiger partial charge in [-0.15, -0.1) is 0 Å². The molecule has 134 valence electrons. The third kappa shape index (κ3) is 3.26. The number of methoxy groups -OCH3 is 1. The van der Waals surface area contributed by atoms with Crippen molar-refractivity contribution in [3.63, 3.8) is 0 Å². The van der Waals surface area contributed by atoms with Crippen molar-refractivity contribution in [2.24, 2.45) is 0 Å². The number of rotatable bonds is 5. The highest BCUT2D eigenvalue weighted by Crippen LogP contribution is 2.27. The number of benzene rings is 2. The molecule has 0 atom stereocenters. The predicted octanol–water partition coefficient (Wildman–Crippen LogP) is 2.13.